The van der Waals surface area contributed by atoms with Crippen molar-refractivity contribution in [3.8, 4) is 0 Å². The molecule has 0 heterocycles. The van der Waals surface area contributed by atoms with E-state index in [1.165, 1.54) is 38.5 Å². The van der Waals surface area contributed by atoms with Gasteiger partial charge in [0.1, 0.15) is 0 Å². The minimum atomic E-state index is 0.117. The minimum absolute atomic E-state index is 0.117. The van der Waals surface area contributed by atoms with Crippen molar-refractivity contribution in [2.75, 3.05) is 13.1 Å². The maximum atomic E-state index is 12.3. The summed E-state index contributed by atoms with van der Waals surface area (Å²) in [4.78, 5) is 12.3. The van der Waals surface area contributed by atoms with Crippen molar-refractivity contribution in [2.45, 2.75) is 71.3 Å². The van der Waals surface area contributed by atoms with Crippen molar-refractivity contribution in [1.29, 1.82) is 0 Å². The number of rotatable bonds is 5. The Hall–Kier alpha value is -0.570. The Balaban J connectivity index is 1.68. The molecule has 1 amide bonds. The number of carbonyl (C=O) groups is 1. The molecule has 4 rings (SSSR count). The van der Waals surface area contributed by atoms with E-state index in [0.717, 1.165) is 19.0 Å². The van der Waals surface area contributed by atoms with E-state index in [4.69, 9.17) is 0 Å². The van der Waals surface area contributed by atoms with Crippen LogP contribution >= 0.6 is 0 Å². The highest BCUT2D eigenvalue weighted by Gasteiger charge is 2.60. The molecule has 20 heavy (non-hydrogen) atoms. The summed E-state index contributed by atoms with van der Waals surface area (Å²) in [5, 5.41) is 6.70. The average molecular weight is 278 g/mol. The van der Waals surface area contributed by atoms with Crippen LogP contribution in [0.1, 0.15) is 65.7 Å². The van der Waals surface area contributed by atoms with E-state index in [1.807, 2.05) is 0 Å². The van der Waals surface area contributed by atoms with Crippen LogP contribution in [-0.4, -0.2) is 24.5 Å². The van der Waals surface area contributed by atoms with Gasteiger partial charge in [0.15, 0.2) is 0 Å². The minimum Gasteiger partial charge on any atom is -0.351 e. The van der Waals surface area contributed by atoms with Crippen LogP contribution in [0.2, 0.25) is 0 Å². The van der Waals surface area contributed by atoms with Crippen LogP contribution in [0.5, 0.6) is 0 Å². The van der Waals surface area contributed by atoms with Crippen molar-refractivity contribution < 1.29 is 4.79 Å². The zero-order chi connectivity index (χ0) is 14.4. The maximum Gasteiger partial charge on any atom is 0.221 e. The predicted octanol–water partition coefficient (Wildman–Crippen LogP) is 2.85. The summed E-state index contributed by atoms with van der Waals surface area (Å²) in [6.07, 6.45) is 8.40. The highest BCUT2D eigenvalue weighted by Crippen LogP contribution is 2.66. The van der Waals surface area contributed by atoms with Crippen molar-refractivity contribution in [3.63, 3.8) is 0 Å². The summed E-state index contributed by atoms with van der Waals surface area (Å²) in [5.74, 6) is 1.09. The van der Waals surface area contributed by atoms with Gasteiger partial charge in [-0.05, 0) is 61.8 Å². The zero-order valence-corrected chi connectivity index (χ0v) is 13.3. The Bertz CT molecular complexity index is 388. The Morgan fingerprint density at radius 1 is 1.10 bits per heavy atom. The van der Waals surface area contributed by atoms with Gasteiger partial charge in [-0.25, -0.2) is 0 Å². The van der Waals surface area contributed by atoms with E-state index in [9.17, 15) is 4.79 Å². The van der Waals surface area contributed by atoms with Crippen LogP contribution in [0, 0.1) is 16.7 Å². The molecule has 4 bridgehead atoms. The second-order valence-corrected chi connectivity index (χ2v) is 8.56. The third-order valence-corrected chi connectivity index (χ3v) is 5.81. The van der Waals surface area contributed by atoms with Crippen LogP contribution in [0.15, 0.2) is 0 Å². The predicted molar refractivity (Wildman–Crippen MR) is 81.4 cm³/mol. The first kappa shape index (κ1) is 14.4. The fourth-order valence-electron chi connectivity index (χ4n) is 6.32. The molecule has 4 aliphatic carbocycles. The first-order valence-corrected chi connectivity index (χ1v) is 8.38. The lowest BCUT2D eigenvalue weighted by molar-refractivity contribution is -0.139. The number of hydrogen-bond donors (Lipinski definition) is 2. The van der Waals surface area contributed by atoms with Gasteiger partial charge >= 0.3 is 0 Å². The van der Waals surface area contributed by atoms with Gasteiger partial charge in [0.2, 0.25) is 5.91 Å². The fourth-order valence-corrected chi connectivity index (χ4v) is 6.32. The van der Waals surface area contributed by atoms with E-state index < -0.39 is 0 Å². The van der Waals surface area contributed by atoms with Crippen molar-refractivity contribution in [1.82, 2.24) is 10.6 Å². The molecule has 0 aromatic carbocycles. The normalized spacial score (nSPS) is 45.6. The summed E-state index contributed by atoms with van der Waals surface area (Å²) < 4.78 is 0. The molecule has 2 N–H and O–H groups in total. The molecular formula is C17H30N2O. The summed E-state index contributed by atoms with van der Waals surface area (Å²) in [6, 6.07) is 0. The Kier molecular flexibility index (Phi) is 3.39. The second kappa shape index (κ2) is 4.72. The molecule has 2 atom stereocenters. The van der Waals surface area contributed by atoms with Gasteiger partial charge in [-0.3, -0.25) is 4.79 Å². The summed E-state index contributed by atoms with van der Waals surface area (Å²) in [5.41, 5.74) is 1.07. The Morgan fingerprint density at radius 2 is 1.75 bits per heavy atom. The van der Waals surface area contributed by atoms with E-state index in [0.29, 0.717) is 17.3 Å². The molecule has 4 aliphatic rings. The van der Waals surface area contributed by atoms with Crippen LogP contribution in [-0.2, 0) is 4.79 Å². The van der Waals surface area contributed by atoms with Gasteiger partial charge in [-0.15, -0.1) is 0 Å². The third-order valence-electron chi connectivity index (χ3n) is 5.81. The lowest BCUT2D eigenvalue weighted by Gasteiger charge is -2.65. The smallest absolute Gasteiger partial charge is 0.221 e. The van der Waals surface area contributed by atoms with Crippen LogP contribution < -0.4 is 10.6 Å². The zero-order valence-electron chi connectivity index (χ0n) is 13.3. The fraction of sp³-hybridized carbons (Fsp3) is 0.941. The molecule has 2 unspecified atom stereocenters. The molecule has 4 fully saturated rings. The quantitative estimate of drug-likeness (QED) is 0.759. The highest BCUT2D eigenvalue weighted by molar-refractivity contribution is 5.77. The lowest BCUT2D eigenvalue weighted by Crippen LogP contribution is -2.65. The van der Waals surface area contributed by atoms with Crippen molar-refractivity contribution in [2.24, 2.45) is 16.7 Å². The van der Waals surface area contributed by atoms with Gasteiger partial charge in [-0.1, -0.05) is 20.8 Å². The third kappa shape index (κ3) is 2.61. The van der Waals surface area contributed by atoms with Gasteiger partial charge < -0.3 is 10.6 Å². The molecule has 3 heteroatoms. The molecule has 0 aliphatic heterocycles. The van der Waals surface area contributed by atoms with E-state index >= 15 is 0 Å². The number of amides is 1. The van der Waals surface area contributed by atoms with Crippen LogP contribution in [0.4, 0.5) is 0 Å². The lowest BCUT2D eigenvalue weighted by atomic mass is 9.43. The molecule has 4 saturated carbocycles. The first-order chi connectivity index (χ1) is 9.36. The highest BCUT2D eigenvalue weighted by atomic mass is 16.1. The molecule has 0 radical (unpaired) electrons. The molecule has 0 aromatic heterocycles. The van der Waals surface area contributed by atoms with E-state index in [1.54, 1.807) is 0 Å². The van der Waals surface area contributed by atoms with Crippen LogP contribution in [0.25, 0.3) is 0 Å². The summed E-state index contributed by atoms with van der Waals surface area (Å²) >= 11 is 0. The SMILES string of the molecule is CCNCCC(=O)NC12CC3CC(C)(CC(C)(C3)C1)C2. The monoisotopic (exact) mass is 278 g/mol. The van der Waals surface area contributed by atoms with Gasteiger partial charge in [-0.2, -0.15) is 0 Å². The molecule has 3 nitrogen and oxygen atoms in total. The Morgan fingerprint density at radius 3 is 2.30 bits per heavy atom. The molecule has 114 valence electrons. The Labute approximate surface area is 123 Å². The number of nitrogens with one attached hydrogen (secondary N) is 2. The van der Waals surface area contributed by atoms with Gasteiger partial charge in [0.05, 0.1) is 0 Å². The van der Waals surface area contributed by atoms with Gasteiger partial charge in [0.25, 0.3) is 0 Å². The maximum absolute atomic E-state index is 12.3. The molecular weight excluding hydrogens is 248 g/mol. The topological polar surface area (TPSA) is 41.1 Å². The van der Waals surface area contributed by atoms with E-state index in [2.05, 4.69) is 31.4 Å². The number of hydrogen-bond acceptors (Lipinski definition) is 2. The molecule has 0 saturated heterocycles. The molecule has 0 spiro atoms. The van der Waals surface area contributed by atoms with Crippen molar-refractivity contribution in [3.05, 3.63) is 0 Å². The summed E-state index contributed by atoms with van der Waals surface area (Å²) in [6.45, 7) is 8.73. The summed E-state index contributed by atoms with van der Waals surface area (Å²) in [7, 11) is 0. The largest absolute Gasteiger partial charge is 0.351 e. The van der Waals surface area contributed by atoms with Gasteiger partial charge in [0, 0.05) is 18.5 Å². The van der Waals surface area contributed by atoms with Crippen LogP contribution in [0.3, 0.4) is 0 Å². The van der Waals surface area contributed by atoms with Crippen molar-refractivity contribution >= 4 is 5.91 Å². The van der Waals surface area contributed by atoms with E-state index in [-0.39, 0.29) is 11.4 Å². The standard InChI is InChI=1S/C17H30N2O/c1-4-18-6-5-14(20)19-17-9-13-7-15(2,11-17)10-16(3,8-13)12-17/h13,18H,4-12H2,1-3H3,(H,19,20). The first-order valence-electron chi connectivity index (χ1n) is 8.38. The second-order valence-electron chi connectivity index (χ2n) is 8.56. The number of carbonyl (C=O) groups excluding carboxylic acids is 1. The average Bonchev–Trinajstić information content (AvgIpc) is 2.22. The molecule has 0 aromatic rings.